The Morgan fingerprint density at radius 3 is 2.57 bits per heavy atom. The quantitative estimate of drug-likeness (QED) is 0.535. The summed E-state index contributed by atoms with van der Waals surface area (Å²) in [6.07, 6.45) is 3.30. The van der Waals surface area contributed by atoms with Crippen molar-refractivity contribution in [1.29, 1.82) is 0 Å². The fourth-order valence-corrected chi connectivity index (χ4v) is 2.96. The first-order valence-corrected chi connectivity index (χ1v) is 7.66. The summed E-state index contributed by atoms with van der Waals surface area (Å²) in [6, 6.07) is 14.8. The lowest BCUT2D eigenvalue weighted by Crippen LogP contribution is -2.43. The molecular weight excluding hydrogens is 286 g/mol. The van der Waals surface area contributed by atoms with E-state index in [9.17, 15) is 9.59 Å². The Morgan fingerprint density at radius 1 is 1.13 bits per heavy atom. The van der Waals surface area contributed by atoms with Crippen LogP contribution in [-0.2, 0) is 6.42 Å². The normalized spacial score (nSPS) is 17.2. The van der Waals surface area contributed by atoms with E-state index in [1.807, 2.05) is 36.4 Å². The predicted molar refractivity (Wildman–Crippen MR) is 91.5 cm³/mol. The lowest BCUT2D eigenvalue weighted by Gasteiger charge is -2.35. The standard InChI is InChI=1S/C20H19NO2/c1-20(2)12-16-9-8-14(13-22)10-17(16)18(21-20)11-19(23)15-6-4-3-5-7-15/h3-11,13,21H,12H2,1-2H3/b18-11-. The van der Waals surface area contributed by atoms with Crippen molar-refractivity contribution in [3.05, 3.63) is 76.9 Å². The van der Waals surface area contributed by atoms with Gasteiger partial charge in [-0.25, -0.2) is 0 Å². The molecule has 1 heterocycles. The highest BCUT2D eigenvalue weighted by Crippen LogP contribution is 2.30. The molecule has 3 heteroatoms. The molecule has 0 atom stereocenters. The SMILES string of the molecule is CC1(C)Cc2ccc(C=O)cc2/C(=C/C(=O)c2ccccc2)N1. The summed E-state index contributed by atoms with van der Waals surface area (Å²) in [5, 5.41) is 3.43. The number of allylic oxidation sites excluding steroid dienone is 1. The van der Waals surface area contributed by atoms with Crippen molar-refractivity contribution in [3.63, 3.8) is 0 Å². The molecule has 0 fully saturated rings. The van der Waals surface area contributed by atoms with Crippen molar-refractivity contribution >= 4 is 17.8 Å². The van der Waals surface area contributed by atoms with Gasteiger partial charge in [-0.2, -0.15) is 0 Å². The largest absolute Gasteiger partial charge is 0.379 e. The Kier molecular flexibility index (Phi) is 3.87. The van der Waals surface area contributed by atoms with Crippen LogP contribution in [0.25, 0.3) is 5.70 Å². The number of carbonyl (C=O) groups excluding carboxylic acids is 2. The minimum atomic E-state index is -0.140. The van der Waals surface area contributed by atoms with Crippen LogP contribution in [0.3, 0.4) is 0 Å². The average Bonchev–Trinajstić information content (AvgIpc) is 2.54. The highest BCUT2D eigenvalue weighted by Gasteiger charge is 2.28. The van der Waals surface area contributed by atoms with E-state index in [0.717, 1.165) is 29.5 Å². The van der Waals surface area contributed by atoms with Gasteiger partial charge in [0, 0.05) is 34.0 Å². The lowest BCUT2D eigenvalue weighted by molar-refractivity contribution is 0.104. The Hall–Kier alpha value is -2.68. The van der Waals surface area contributed by atoms with Gasteiger partial charge >= 0.3 is 0 Å². The first-order valence-electron chi connectivity index (χ1n) is 7.66. The van der Waals surface area contributed by atoms with Gasteiger partial charge < -0.3 is 5.32 Å². The van der Waals surface area contributed by atoms with Crippen LogP contribution in [-0.4, -0.2) is 17.6 Å². The number of nitrogens with one attached hydrogen (secondary N) is 1. The number of hydrogen-bond acceptors (Lipinski definition) is 3. The van der Waals surface area contributed by atoms with Crippen molar-refractivity contribution in [2.24, 2.45) is 0 Å². The molecule has 1 aliphatic rings. The van der Waals surface area contributed by atoms with Gasteiger partial charge in [0.15, 0.2) is 5.78 Å². The van der Waals surface area contributed by atoms with E-state index in [4.69, 9.17) is 0 Å². The molecule has 0 aliphatic carbocycles. The third-order valence-electron chi connectivity index (χ3n) is 4.00. The van der Waals surface area contributed by atoms with E-state index in [2.05, 4.69) is 19.2 Å². The second-order valence-electron chi connectivity index (χ2n) is 6.51. The number of hydrogen-bond donors (Lipinski definition) is 1. The van der Waals surface area contributed by atoms with E-state index in [0.29, 0.717) is 11.1 Å². The number of carbonyl (C=O) groups is 2. The van der Waals surface area contributed by atoms with Crippen LogP contribution in [0.15, 0.2) is 54.6 Å². The first-order chi connectivity index (χ1) is 11.0. The second kappa shape index (κ2) is 5.84. The van der Waals surface area contributed by atoms with Gasteiger partial charge in [0.2, 0.25) is 0 Å². The maximum atomic E-state index is 12.5. The molecule has 2 aromatic rings. The Morgan fingerprint density at radius 2 is 1.87 bits per heavy atom. The van der Waals surface area contributed by atoms with Crippen molar-refractivity contribution in [3.8, 4) is 0 Å². The topological polar surface area (TPSA) is 46.2 Å². The second-order valence-corrected chi connectivity index (χ2v) is 6.51. The van der Waals surface area contributed by atoms with Crippen molar-refractivity contribution in [1.82, 2.24) is 5.32 Å². The van der Waals surface area contributed by atoms with Crippen molar-refractivity contribution in [2.45, 2.75) is 25.8 Å². The highest BCUT2D eigenvalue weighted by atomic mass is 16.1. The molecule has 0 spiro atoms. The predicted octanol–water partition coefficient (Wildman–Crippen LogP) is 3.65. The van der Waals surface area contributed by atoms with E-state index in [1.165, 1.54) is 0 Å². The fourth-order valence-electron chi connectivity index (χ4n) is 2.96. The Balaban J connectivity index is 2.06. The fraction of sp³-hybridized carbons (Fsp3) is 0.200. The van der Waals surface area contributed by atoms with Gasteiger partial charge in [-0.1, -0.05) is 42.5 Å². The summed E-state index contributed by atoms with van der Waals surface area (Å²) in [6.45, 7) is 4.20. The van der Waals surface area contributed by atoms with Crippen LogP contribution in [0.4, 0.5) is 0 Å². The van der Waals surface area contributed by atoms with Gasteiger partial charge in [0.05, 0.1) is 0 Å². The number of rotatable bonds is 3. The molecular formula is C20H19NO2. The first kappa shape index (κ1) is 15.2. The molecule has 0 saturated carbocycles. The van der Waals surface area contributed by atoms with E-state index in [1.54, 1.807) is 18.2 Å². The van der Waals surface area contributed by atoms with Gasteiger partial charge in [0.25, 0.3) is 0 Å². The zero-order valence-corrected chi connectivity index (χ0v) is 13.3. The molecule has 3 nitrogen and oxygen atoms in total. The average molecular weight is 305 g/mol. The zero-order chi connectivity index (χ0) is 16.4. The molecule has 23 heavy (non-hydrogen) atoms. The van der Waals surface area contributed by atoms with Crippen LogP contribution in [0, 0.1) is 0 Å². The molecule has 0 saturated heterocycles. The van der Waals surface area contributed by atoms with Gasteiger partial charge in [-0.15, -0.1) is 0 Å². The Bertz CT molecular complexity index is 789. The molecule has 0 radical (unpaired) electrons. The minimum absolute atomic E-state index is 0.0479. The summed E-state index contributed by atoms with van der Waals surface area (Å²) in [5.74, 6) is -0.0479. The molecule has 2 aromatic carbocycles. The van der Waals surface area contributed by atoms with Crippen molar-refractivity contribution < 1.29 is 9.59 Å². The van der Waals surface area contributed by atoms with Crippen molar-refractivity contribution in [2.75, 3.05) is 0 Å². The third kappa shape index (κ3) is 3.24. The highest BCUT2D eigenvalue weighted by molar-refractivity contribution is 6.08. The number of aldehydes is 1. The molecule has 116 valence electrons. The molecule has 0 bridgehead atoms. The van der Waals surface area contributed by atoms with Crippen LogP contribution in [0.1, 0.15) is 45.7 Å². The summed E-state index contributed by atoms with van der Waals surface area (Å²) in [5.41, 5.74) is 3.97. The molecule has 3 rings (SSSR count). The molecule has 1 N–H and O–H groups in total. The smallest absolute Gasteiger partial charge is 0.187 e. The number of ketones is 1. The van der Waals surface area contributed by atoms with Crippen LogP contribution in [0.5, 0.6) is 0 Å². The summed E-state index contributed by atoms with van der Waals surface area (Å²) >= 11 is 0. The molecule has 0 amide bonds. The van der Waals surface area contributed by atoms with Gasteiger partial charge in [-0.3, -0.25) is 9.59 Å². The maximum absolute atomic E-state index is 12.5. The minimum Gasteiger partial charge on any atom is -0.379 e. The number of benzene rings is 2. The number of fused-ring (bicyclic) bond motifs is 1. The molecule has 0 aromatic heterocycles. The lowest BCUT2D eigenvalue weighted by atomic mass is 9.84. The molecule has 0 unspecified atom stereocenters. The monoisotopic (exact) mass is 305 g/mol. The summed E-state index contributed by atoms with van der Waals surface area (Å²) in [7, 11) is 0. The van der Waals surface area contributed by atoms with Crippen LogP contribution < -0.4 is 5.32 Å². The van der Waals surface area contributed by atoms with Crippen LogP contribution >= 0.6 is 0 Å². The van der Waals surface area contributed by atoms with Gasteiger partial charge in [0.1, 0.15) is 6.29 Å². The third-order valence-corrected chi connectivity index (χ3v) is 4.00. The van der Waals surface area contributed by atoms with E-state index in [-0.39, 0.29) is 11.3 Å². The van der Waals surface area contributed by atoms with Crippen LogP contribution in [0.2, 0.25) is 0 Å². The van der Waals surface area contributed by atoms with E-state index < -0.39 is 0 Å². The maximum Gasteiger partial charge on any atom is 0.187 e. The zero-order valence-electron chi connectivity index (χ0n) is 13.3. The van der Waals surface area contributed by atoms with Gasteiger partial charge in [-0.05, 0) is 31.9 Å². The molecule has 1 aliphatic heterocycles. The van der Waals surface area contributed by atoms with E-state index >= 15 is 0 Å². The Labute approximate surface area is 136 Å². The summed E-state index contributed by atoms with van der Waals surface area (Å²) in [4.78, 5) is 23.6. The summed E-state index contributed by atoms with van der Waals surface area (Å²) < 4.78 is 0.